The molecule has 18 heavy (non-hydrogen) atoms. The highest BCUT2D eigenvalue weighted by Gasteiger charge is 2.07. The van der Waals surface area contributed by atoms with Crippen molar-refractivity contribution in [3.05, 3.63) is 46.7 Å². The highest BCUT2D eigenvalue weighted by Crippen LogP contribution is 2.21. The number of anilines is 1. The lowest BCUT2D eigenvalue weighted by atomic mass is 10.2. The highest BCUT2D eigenvalue weighted by molar-refractivity contribution is 6.31. The van der Waals surface area contributed by atoms with Crippen LogP contribution in [0, 0.1) is 6.92 Å². The van der Waals surface area contributed by atoms with E-state index in [1.807, 2.05) is 31.2 Å². The minimum absolute atomic E-state index is 0.576. The van der Waals surface area contributed by atoms with E-state index in [4.69, 9.17) is 16.3 Å². The third-order valence-electron chi connectivity index (χ3n) is 2.64. The zero-order valence-electron chi connectivity index (χ0n) is 10.3. The van der Waals surface area contributed by atoms with Gasteiger partial charge in [-0.25, -0.2) is 9.97 Å². The molecule has 4 nitrogen and oxygen atoms in total. The summed E-state index contributed by atoms with van der Waals surface area (Å²) in [6.45, 7) is 2.52. The van der Waals surface area contributed by atoms with Gasteiger partial charge in [0.25, 0.3) is 0 Å². The van der Waals surface area contributed by atoms with Gasteiger partial charge < -0.3 is 10.1 Å². The number of benzene rings is 1. The maximum atomic E-state index is 6.09. The molecule has 0 radical (unpaired) electrons. The van der Waals surface area contributed by atoms with E-state index in [0.29, 0.717) is 12.4 Å². The molecule has 1 aromatic heterocycles. The van der Waals surface area contributed by atoms with Gasteiger partial charge in [0.1, 0.15) is 12.1 Å². The zero-order valence-corrected chi connectivity index (χ0v) is 11.0. The molecule has 0 saturated carbocycles. The largest absolute Gasteiger partial charge is 0.481 e. The fourth-order valence-corrected chi connectivity index (χ4v) is 1.84. The average molecular weight is 264 g/mol. The molecular weight excluding hydrogens is 250 g/mol. The molecule has 2 aromatic rings. The van der Waals surface area contributed by atoms with Gasteiger partial charge in [-0.15, -0.1) is 0 Å². The van der Waals surface area contributed by atoms with Gasteiger partial charge in [-0.3, -0.25) is 0 Å². The predicted molar refractivity (Wildman–Crippen MR) is 72.1 cm³/mol. The SMILES string of the molecule is COc1ncnc(NCc2ccccc2Cl)c1C. The third kappa shape index (κ3) is 2.71. The summed E-state index contributed by atoms with van der Waals surface area (Å²) < 4.78 is 5.14. The summed E-state index contributed by atoms with van der Waals surface area (Å²) in [5.74, 6) is 1.33. The smallest absolute Gasteiger partial charge is 0.221 e. The quantitative estimate of drug-likeness (QED) is 0.921. The van der Waals surface area contributed by atoms with Crippen molar-refractivity contribution in [2.75, 3.05) is 12.4 Å². The minimum Gasteiger partial charge on any atom is -0.481 e. The summed E-state index contributed by atoms with van der Waals surface area (Å²) in [6, 6.07) is 7.70. The molecule has 0 aliphatic heterocycles. The van der Waals surface area contributed by atoms with Crippen molar-refractivity contribution in [3.63, 3.8) is 0 Å². The molecule has 94 valence electrons. The van der Waals surface area contributed by atoms with E-state index in [1.54, 1.807) is 7.11 Å². The zero-order chi connectivity index (χ0) is 13.0. The maximum absolute atomic E-state index is 6.09. The number of hydrogen-bond acceptors (Lipinski definition) is 4. The fraction of sp³-hybridized carbons (Fsp3) is 0.231. The molecule has 2 rings (SSSR count). The molecular formula is C13H14ClN3O. The van der Waals surface area contributed by atoms with Crippen molar-refractivity contribution in [1.29, 1.82) is 0 Å². The molecule has 1 N–H and O–H groups in total. The standard InChI is InChI=1S/C13H14ClN3O/c1-9-12(16-8-17-13(9)18-2)15-7-10-5-3-4-6-11(10)14/h3-6,8H,7H2,1-2H3,(H,15,16,17). The molecule has 0 bridgehead atoms. The van der Waals surface area contributed by atoms with Crippen molar-refractivity contribution in [2.24, 2.45) is 0 Å². The Kier molecular flexibility index (Phi) is 3.99. The van der Waals surface area contributed by atoms with Crippen LogP contribution in [-0.4, -0.2) is 17.1 Å². The average Bonchev–Trinajstić information content (AvgIpc) is 2.39. The Morgan fingerprint density at radius 2 is 2.06 bits per heavy atom. The van der Waals surface area contributed by atoms with Crippen LogP contribution in [0.3, 0.4) is 0 Å². The number of methoxy groups -OCH3 is 1. The first-order chi connectivity index (χ1) is 8.72. The van der Waals surface area contributed by atoms with Gasteiger partial charge in [0, 0.05) is 11.6 Å². The second kappa shape index (κ2) is 5.69. The normalized spacial score (nSPS) is 10.2. The van der Waals surface area contributed by atoms with Gasteiger partial charge in [0.2, 0.25) is 5.88 Å². The molecule has 0 atom stereocenters. The molecule has 0 aliphatic rings. The first-order valence-electron chi connectivity index (χ1n) is 5.55. The number of ether oxygens (including phenoxy) is 1. The Balaban J connectivity index is 2.14. The highest BCUT2D eigenvalue weighted by atomic mass is 35.5. The first-order valence-corrected chi connectivity index (χ1v) is 5.93. The van der Waals surface area contributed by atoms with E-state index in [0.717, 1.165) is 22.0 Å². The van der Waals surface area contributed by atoms with E-state index in [9.17, 15) is 0 Å². The van der Waals surface area contributed by atoms with Gasteiger partial charge in [-0.2, -0.15) is 0 Å². The van der Waals surface area contributed by atoms with Crippen LogP contribution in [0.2, 0.25) is 5.02 Å². The van der Waals surface area contributed by atoms with Gasteiger partial charge in [0.05, 0.1) is 12.7 Å². The summed E-state index contributed by atoms with van der Waals surface area (Å²) in [5, 5.41) is 3.97. The van der Waals surface area contributed by atoms with Crippen LogP contribution in [0.25, 0.3) is 0 Å². The van der Waals surface area contributed by atoms with Crippen LogP contribution in [-0.2, 0) is 6.54 Å². The van der Waals surface area contributed by atoms with Crippen molar-refractivity contribution in [2.45, 2.75) is 13.5 Å². The Morgan fingerprint density at radius 1 is 1.28 bits per heavy atom. The minimum atomic E-state index is 0.576. The fourth-order valence-electron chi connectivity index (χ4n) is 1.64. The van der Waals surface area contributed by atoms with Crippen LogP contribution < -0.4 is 10.1 Å². The molecule has 0 aliphatic carbocycles. The summed E-state index contributed by atoms with van der Waals surface area (Å²) in [7, 11) is 1.59. The van der Waals surface area contributed by atoms with Crippen molar-refractivity contribution in [1.82, 2.24) is 9.97 Å². The lowest BCUT2D eigenvalue weighted by Crippen LogP contribution is -2.05. The van der Waals surface area contributed by atoms with E-state index >= 15 is 0 Å². The summed E-state index contributed by atoms with van der Waals surface area (Å²) in [4.78, 5) is 8.22. The molecule has 0 amide bonds. The molecule has 1 heterocycles. The number of hydrogen-bond donors (Lipinski definition) is 1. The molecule has 0 fully saturated rings. The molecule has 0 unspecified atom stereocenters. The second-order valence-electron chi connectivity index (χ2n) is 3.80. The molecule has 0 spiro atoms. The number of halogens is 1. The number of aromatic nitrogens is 2. The molecule has 5 heteroatoms. The van der Waals surface area contributed by atoms with Crippen molar-refractivity contribution in [3.8, 4) is 5.88 Å². The number of nitrogens with zero attached hydrogens (tertiary/aromatic N) is 2. The topological polar surface area (TPSA) is 47.0 Å². The van der Waals surface area contributed by atoms with E-state index < -0.39 is 0 Å². The van der Waals surface area contributed by atoms with Crippen molar-refractivity contribution >= 4 is 17.4 Å². The predicted octanol–water partition coefficient (Wildman–Crippen LogP) is 3.06. The summed E-state index contributed by atoms with van der Waals surface area (Å²) >= 11 is 6.09. The van der Waals surface area contributed by atoms with Crippen LogP contribution in [0.1, 0.15) is 11.1 Å². The van der Waals surface area contributed by atoms with E-state index in [-0.39, 0.29) is 0 Å². The van der Waals surface area contributed by atoms with Crippen LogP contribution in [0.15, 0.2) is 30.6 Å². The lowest BCUT2D eigenvalue weighted by Gasteiger charge is -2.11. The Hall–Kier alpha value is -1.81. The van der Waals surface area contributed by atoms with Crippen LogP contribution in [0.4, 0.5) is 5.82 Å². The van der Waals surface area contributed by atoms with Gasteiger partial charge in [0.15, 0.2) is 0 Å². The third-order valence-corrected chi connectivity index (χ3v) is 3.00. The Morgan fingerprint density at radius 3 is 2.78 bits per heavy atom. The first kappa shape index (κ1) is 12.6. The van der Waals surface area contributed by atoms with Gasteiger partial charge in [-0.1, -0.05) is 29.8 Å². The molecule has 1 aromatic carbocycles. The summed E-state index contributed by atoms with van der Waals surface area (Å²) in [6.07, 6.45) is 1.47. The maximum Gasteiger partial charge on any atom is 0.221 e. The van der Waals surface area contributed by atoms with Crippen LogP contribution >= 0.6 is 11.6 Å². The second-order valence-corrected chi connectivity index (χ2v) is 4.21. The van der Waals surface area contributed by atoms with Gasteiger partial charge in [-0.05, 0) is 18.6 Å². The Bertz CT molecular complexity index is 546. The monoisotopic (exact) mass is 263 g/mol. The van der Waals surface area contributed by atoms with Crippen molar-refractivity contribution < 1.29 is 4.74 Å². The summed E-state index contributed by atoms with van der Waals surface area (Å²) in [5.41, 5.74) is 1.91. The Labute approximate surface area is 111 Å². The molecule has 0 saturated heterocycles. The van der Waals surface area contributed by atoms with E-state index in [2.05, 4.69) is 15.3 Å². The number of rotatable bonds is 4. The van der Waals surface area contributed by atoms with E-state index in [1.165, 1.54) is 6.33 Å². The van der Waals surface area contributed by atoms with Gasteiger partial charge >= 0.3 is 0 Å². The lowest BCUT2D eigenvalue weighted by molar-refractivity contribution is 0.393. The number of nitrogens with one attached hydrogen (secondary N) is 1. The van der Waals surface area contributed by atoms with Crippen LogP contribution in [0.5, 0.6) is 5.88 Å².